The minimum atomic E-state index is -0.756. The van der Waals surface area contributed by atoms with Crippen LogP contribution in [0.4, 0.5) is 11.4 Å². The van der Waals surface area contributed by atoms with Crippen LogP contribution in [0.3, 0.4) is 0 Å². The average molecular weight is 381 g/mol. The van der Waals surface area contributed by atoms with E-state index in [0.29, 0.717) is 32.7 Å². The highest BCUT2D eigenvalue weighted by Crippen LogP contribution is 2.33. The number of benzene rings is 2. The molecule has 2 aromatic rings. The van der Waals surface area contributed by atoms with Crippen LogP contribution >= 0.6 is 23.2 Å². The molecule has 0 aliphatic rings. The molecule has 0 aliphatic carbocycles. The Bertz CT molecular complexity index is 792. The molecular formula is C18H18Cl2N2O3. The van der Waals surface area contributed by atoms with E-state index in [4.69, 9.17) is 27.9 Å². The van der Waals surface area contributed by atoms with Crippen LogP contribution in [0.25, 0.3) is 0 Å². The van der Waals surface area contributed by atoms with Crippen molar-refractivity contribution in [2.75, 3.05) is 10.6 Å². The maximum atomic E-state index is 12.3. The molecule has 1 unspecified atom stereocenters. The first-order chi connectivity index (χ1) is 11.8. The lowest BCUT2D eigenvalue weighted by Gasteiger charge is -2.17. The number of amides is 2. The molecule has 0 fully saturated rings. The molecule has 0 spiro atoms. The third-order valence-electron chi connectivity index (χ3n) is 3.43. The Kier molecular flexibility index (Phi) is 6.28. The van der Waals surface area contributed by atoms with Crippen LogP contribution in [0.15, 0.2) is 36.4 Å². The Hall–Kier alpha value is -2.24. The van der Waals surface area contributed by atoms with Gasteiger partial charge in [0.1, 0.15) is 5.75 Å². The molecule has 1 atom stereocenters. The quantitative estimate of drug-likeness (QED) is 0.791. The number of halogens is 2. The fourth-order valence-corrected chi connectivity index (χ4v) is 2.47. The van der Waals surface area contributed by atoms with E-state index in [0.717, 1.165) is 0 Å². The van der Waals surface area contributed by atoms with Gasteiger partial charge in [-0.1, -0.05) is 23.2 Å². The Balaban J connectivity index is 2.01. The Morgan fingerprint density at radius 2 is 1.56 bits per heavy atom. The molecule has 0 saturated carbocycles. The molecule has 0 bridgehead atoms. The third kappa shape index (κ3) is 5.11. The maximum Gasteiger partial charge on any atom is 0.265 e. The van der Waals surface area contributed by atoms with Crippen molar-refractivity contribution in [2.45, 2.75) is 26.9 Å². The molecule has 0 heterocycles. The zero-order valence-corrected chi connectivity index (χ0v) is 15.5. The van der Waals surface area contributed by atoms with Crippen molar-refractivity contribution >= 4 is 46.4 Å². The van der Waals surface area contributed by atoms with E-state index in [1.807, 2.05) is 0 Å². The Morgan fingerprint density at radius 1 is 1.00 bits per heavy atom. The standard InChI is InChI=1S/C18H18Cl2N2O3/c1-10-15(19)8-9-16(17(10)20)25-11(2)18(24)22-14-6-4-13(5-7-14)21-12(3)23/h4-9,11H,1-3H3,(H,21,23)(H,22,24). The van der Waals surface area contributed by atoms with Gasteiger partial charge >= 0.3 is 0 Å². The highest BCUT2D eigenvalue weighted by molar-refractivity contribution is 6.36. The predicted octanol–water partition coefficient (Wildman–Crippen LogP) is 4.67. The molecule has 132 valence electrons. The van der Waals surface area contributed by atoms with E-state index >= 15 is 0 Å². The first-order valence-electron chi connectivity index (χ1n) is 7.57. The van der Waals surface area contributed by atoms with Crippen LogP contribution in [0.1, 0.15) is 19.4 Å². The predicted molar refractivity (Wildman–Crippen MR) is 101 cm³/mol. The molecule has 5 nitrogen and oxygen atoms in total. The number of nitrogens with one attached hydrogen (secondary N) is 2. The number of carbonyl (C=O) groups excluding carboxylic acids is 2. The van der Waals surface area contributed by atoms with Gasteiger partial charge in [0.2, 0.25) is 5.91 Å². The number of rotatable bonds is 5. The number of carbonyl (C=O) groups is 2. The maximum absolute atomic E-state index is 12.3. The van der Waals surface area contributed by atoms with Gasteiger partial charge in [0.15, 0.2) is 6.10 Å². The first kappa shape index (κ1) is 19.1. The lowest BCUT2D eigenvalue weighted by molar-refractivity contribution is -0.122. The second-order valence-electron chi connectivity index (χ2n) is 5.49. The molecule has 2 N–H and O–H groups in total. The van der Waals surface area contributed by atoms with Gasteiger partial charge in [-0.25, -0.2) is 0 Å². The molecule has 0 radical (unpaired) electrons. The fourth-order valence-electron chi connectivity index (χ4n) is 2.06. The fraction of sp³-hybridized carbons (Fsp3) is 0.222. The van der Waals surface area contributed by atoms with Gasteiger partial charge in [-0.05, 0) is 55.8 Å². The smallest absolute Gasteiger partial charge is 0.265 e. The van der Waals surface area contributed by atoms with Crippen molar-refractivity contribution in [3.05, 3.63) is 52.0 Å². The summed E-state index contributed by atoms with van der Waals surface area (Å²) < 4.78 is 5.63. The summed E-state index contributed by atoms with van der Waals surface area (Å²) in [6, 6.07) is 10.1. The van der Waals surface area contributed by atoms with Crippen LogP contribution in [0.5, 0.6) is 5.75 Å². The van der Waals surface area contributed by atoms with Gasteiger partial charge in [0.05, 0.1) is 5.02 Å². The van der Waals surface area contributed by atoms with E-state index < -0.39 is 6.10 Å². The van der Waals surface area contributed by atoms with Crippen molar-refractivity contribution in [3.63, 3.8) is 0 Å². The third-order valence-corrected chi connectivity index (χ3v) is 4.31. The summed E-state index contributed by atoms with van der Waals surface area (Å²) in [5, 5.41) is 6.31. The highest BCUT2D eigenvalue weighted by Gasteiger charge is 2.17. The van der Waals surface area contributed by atoms with Crippen molar-refractivity contribution in [1.29, 1.82) is 0 Å². The largest absolute Gasteiger partial charge is 0.479 e. The zero-order chi connectivity index (χ0) is 18.6. The summed E-state index contributed by atoms with van der Waals surface area (Å²) in [5.74, 6) is -0.0860. The van der Waals surface area contributed by atoms with Gasteiger partial charge in [0, 0.05) is 23.3 Å². The zero-order valence-electron chi connectivity index (χ0n) is 14.0. The lowest BCUT2D eigenvalue weighted by Crippen LogP contribution is -2.30. The van der Waals surface area contributed by atoms with Gasteiger partial charge in [-0.2, -0.15) is 0 Å². The monoisotopic (exact) mass is 380 g/mol. The molecule has 7 heteroatoms. The van der Waals surface area contributed by atoms with Crippen molar-refractivity contribution in [2.24, 2.45) is 0 Å². The van der Waals surface area contributed by atoms with Crippen molar-refractivity contribution in [3.8, 4) is 5.75 Å². The SMILES string of the molecule is CC(=O)Nc1ccc(NC(=O)C(C)Oc2ccc(Cl)c(C)c2Cl)cc1. The highest BCUT2D eigenvalue weighted by atomic mass is 35.5. The molecular weight excluding hydrogens is 363 g/mol. The van der Waals surface area contributed by atoms with Gasteiger partial charge in [-0.15, -0.1) is 0 Å². The minimum absolute atomic E-state index is 0.158. The molecule has 2 rings (SSSR count). The Morgan fingerprint density at radius 3 is 2.12 bits per heavy atom. The van der Waals surface area contributed by atoms with Gasteiger partial charge in [-0.3, -0.25) is 9.59 Å². The van der Waals surface area contributed by atoms with E-state index in [9.17, 15) is 9.59 Å². The average Bonchev–Trinajstić information content (AvgIpc) is 2.56. The van der Waals surface area contributed by atoms with Crippen LogP contribution < -0.4 is 15.4 Å². The van der Waals surface area contributed by atoms with Crippen molar-refractivity contribution < 1.29 is 14.3 Å². The Labute approximate surface area is 156 Å². The van der Waals surface area contributed by atoms with E-state index in [2.05, 4.69) is 10.6 Å². The summed E-state index contributed by atoms with van der Waals surface area (Å²) in [6.07, 6.45) is -0.756. The van der Waals surface area contributed by atoms with Crippen molar-refractivity contribution in [1.82, 2.24) is 0 Å². The van der Waals surface area contributed by atoms with Crippen LogP contribution in [0, 0.1) is 6.92 Å². The topological polar surface area (TPSA) is 67.4 Å². The molecule has 2 amide bonds. The van der Waals surface area contributed by atoms with Gasteiger partial charge in [0.25, 0.3) is 5.91 Å². The second-order valence-corrected chi connectivity index (χ2v) is 6.28. The van der Waals surface area contributed by atoms with E-state index in [1.54, 1.807) is 50.2 Å². The number of hydrogen-bond donors (Lipinski definition) is 2. The summed E-state index contributed by atoms with van der Waals surface area (Å²) >= 11 is 12.2. The van der Waals surface area contributed by atoms with Gasteiger partial charge < -0.3 is 15.4 Å². The summed E-state index contributed by atoms with van der Waals surface area (Å²) in [5.41, 5.74) is 1.94. The molecule has 2 aromatic carbocycles. The molecule has 0 aromatic heterocycles. The second kappa shape index (κ2) is 8.23. The van der Waals surface area contributed by atoms with Crippen LogP contribution in [0.2, 0.25) is 10.0 Å². The lowest BCUT2D eigenvalue weighted by atomic mass is 10.2. The number of hydrogen-bond acceptors (Lipinski definition) is 3. The van der Waals surface area contributed by atoms with E-state index in [-0.39, 0.29) is 11.8 Å². The first-order valence-corrected chi connectivity index (χ1v) is 8.33. The summed E-state index contributed by atoms with van der Waals surface area (Å²) in [4.78, 5) is 23.3. The summed E-state index contributed by atoms with van der Waals surface area (Å²) in [7, 11) is 0. The molecule has 0 saturated heterocycles. The normalized spacial score (nSPS) is 11.6. The van der Waals surface area contributed by atoms with Crippen LogP contribution in [-0.4, -0.2) is 17.9 Å². The molecule has 0 aliphatic heterocycles. The van der Waals surface area contributed by atoms with E-state index in [1.165, 1.54) is 6.92 Å². The molecule has 25 heavy (non-hydrogen) atoms. The minimum Gasteiger partial charge on any atom is -0.479 e. The number of ether oxygens (including phenoxy) is 1. The number of anilines is 2. The summed E-state index contributed by atoms with van der Waals surface area (Å²) in [6.45, 7) is 4.83. The van der Waals surface area contributed by atoms with Crippen LogP contribution in [-0.2, 0) is 9.59 Å².